The topological polar surface area (TPSA) is 96.0 Å². The molecule has 0 saturated carbocycles. The minimum absolute atomic E-state index is 0.210. The van der Waals surface area contributed by atoms with E-state index in [0.717, 1.165) is 0 Å². The number of cyclic esters (lactones) is 2. The Kier molecular flexibility index (Phi) is 8.29. The van der Waals surface area contributed by atoms with E-state index in [-0.39, 0.29) is 24.8 Å². The molecule has 1 saturated heterocycles. The lowest BCUT2D eigenvalue weighted by atomic mass is 9.86. The Morgan fingerprint density at radius 2 is 1.26 bits per heavy atom. The van der Waals surface area contributed by atoms with Crippen molar-refractivity contribution in [2.75, 3.05) is 13.2 Å². The van der Waals surface area contributed by atoms with Gasteiger partial charge < -0.3 is 14.2 Å². The molecule has 0 N–H and O–H groups in total. The lowest BCUT2D eigenvalue weighted by Gasteiger charge is -2.13. The first-order valence-electron chi connectivity index (χ1n) is 8.06. The Labute approximate surface area is 135 Å². The van der Waals surface area contributed by atoms with Crippen LogP contribution < -0.4 is 0 Å². The van der Waals surface area contributed by atoms with E-state index in [0.29, 0.717) is 38.9 Å². The maximum absolute atomic E-state index is 11.7. The smallest absolute Gasteiger partial charge is 0.317 e. The third-order valence-electron chi connectivity index (χ3n) is 3.70. The van der Waals surface area contributed by atoms with Crippen molar-refractivity contribution in [3.8, 4) is 0 Å². The molecule has 7 nitrogen and oxygen atoms in total. The van der Waals surface area contributed by atoms with Crippen molar-refractivity contribution in [1.82, 2.24) is 0 Å². The first-order chi connectivity index (χ1) is 11.0. The Morgan fingerprint density at radius 1 is 0.870 bits per heavy atom. The van der Waals surface area contributed by atoms with Crippen LogP contribution in [0.5, 0.6) is 0 Å². The van der Waals surface area contributed by atoms with Gasteiger partial charge in [0.2, 0.25) is 0 Å². The highest BCUT2D eigenvalue weighted by atomic mass is 16.6. The van der Waals surface area contributed by atoms with Gasteiger partial charge in [-0.2, -0.15) is 0 Å². The highest BCUT2D eigenvalue weighted by Crippen LogP contribution is 2.32. The summed E-state index contributed by atoms with van der Waals surface area (Å²) in [6, 6.07) is 0. The average molecular weight is 328 g/mol. The molecule has 2 atom stereocenters. The second kappa shape index (κ2) is 9.97. The van der Waals surface area contributed by atoms with Gasteiger partial charge in [0.05, 0.1) is 25.0 Å². The van der Waals surface area contributed by atoms with Gasteiger partial charge in [0, 0.05) is 12.8 Å². The van der Waals surface area contributed by atoms with E-state index in [1.54, 1.807) is 13.8 Å². The minimum Gasteiger partial charge on any atom is -0.466 e. The molecule has 0 bridgehead atoms. The van der Waals surface area contributed by atoms with Crippen molar-refractivity contribution in [3.05, 3.63) is 0 Å². The number of carbonyl (C=O) groups excluding carboxylic acids is 4. The van der Waals surface area contributed by atoms with E-state index in [4.69, 9.17) is 9.47 Å². The molecule has 0 aromatic heterocycles. The highest BCUT2D eigenvalue weighted by molar-refractivity contribution is 5.96. The largest absolute Gasteiger partial charge is 0.466 e. The van der Waals surface area contributed by atoms with Crippen LogP contribution in [0, 0.1) is 11.8 Å². The standard InChI is InChI=1S/C16H24O7/c1-3-21-13(17)9-5-7-11-12(16(20)23-15(11)19)8-6-10-14(18)22-4-2/h11-12H,3-10H2,1-2H3/t11-,12+. The molecule has 0 aromatic carbocycles. The summed E-state index contributed by atoms with van der Waals surface area (Å²) in [6.45, 7) is 4.09. The third-order valence-corrected chi connectivity index (χ3v) is 3.70. The highest BCUT2D eigenvalue weighted by Gasteiger charge is 2.43. The molecule has 0 radical (unpaired) electrons. The average Bonchev–Trinajstić information content (AvgIpc) is 2.74. The van der Waals surface area contributed by atoms with Crippen LogP contribution in [-0.2, 0) is 33.4 Å². The fourth-order valence-electron chi connectivity index (χ4n) is 2.62. The first-order valence-corrected chi connectivity index (χ1v) is 8.06. The fraction of sp³-hybridized carbons (Fsp3) is 0.750. The Balaban J connectivity index is 2.42. The van der Waals surface area contributed by atoms with Gasteiger partial charge in [0.15, 0.2) is 0 Å². The summed E-state index contributed by atoms with van der Waals surface area (Å²) in [7, 11) is 0. The summed E-state index contributed by atoms with van der Waals surface area (Å²) in [6.07, 6.45) is 2.13. The van der Waals surface area contributed by atoms with Gasteiger partial charge in [-0.3, -0.25) is 19.2 Å². The Hall–Kier alpha value is -1.92. The normalized spacial score (nSPS) is 20.3. The molecular weight excluding hydrogens is 304 g/mol. The number of hydrogen-bond donors (Lipinski definition) is 0. The number of hydrogen-bond acceptors (Lipinski definition) is 7. The molecule has 0 aromatic rings. The van der Waals surface area contributed by atoms with Gasteiger partial charge >= 0.3 is 23.9 Å². The second-order valence-corrected chi connectivity index (χ2v) is 5.35. The monoisotopic (exact) mass is 328 g/mol. The zero-order valence-electron chi connectivity index (χ0n) is 13.7. The summed E-state index contributed by atoms with van der Waals surface area (Å²) < 4.78 is 14.3. The van der Waals surface area contributed by atoms with E-state index in [1.807, 2.05) is 0 Å². The van der Waals surface area contributed by atoms with Crippen molar-refractivity contribution >= 4 is 23.9 Å². The lowest BCUT2D eigenvalue weighted by molar-refractivity contribution is -0.154. The molecule has 23 heavy (non-hydrogen) atoms. The number of esters is 4. The van der Waals surface area contributed by atoms with E-state index < -0.39 is 23.8 Å². The summed E-state index contributed by atoms with van der Waals surface area (Å²) in [5, 5.41) is 0. The van der Waals surface area contributed by atoms with Crippen LogP contribution >= 0.6 is 0 Å². The molecular formula is C16H24O7. The molecule has 1 aliphatic rings. The van der Waals surface area contributed by atoms with Gasteiger partial charge in [0.25, 0.3) is 0 Å². The predicted molar refractivity (Wildman–Crippen MR) is 79.0 cm³/mol. The lowest BCUT2D eigenvalue weighted by Crippen LogP contribution is -2.19. The van der Waals surface area contributed by atoms with Crippen molar-refractivity contribution in [3.63, 3.8) is 0 Å². The van der Waals surface area contributed by atoms with Gasteiger partial charge in [-0.25, -0.2) is 0 Å². The molecule has 0 aliphatic carbocycles. The van der Waals surface area contributed by atoms with E-state index in [2.05, 4.69) is 4.74 Å². The first kappa shape index (κ1) is 19.1. The minimum atomic E-state index is -0.542. The van der Waals surface area contributed by atoms with Gasteiger partial charge in [0.1, 0.15) is 0 Å². The fourth-order valence-corrected chi connectivity index (χ4v) is 2.62. The van der Waals surface area contributed by atoms with Crippen LogP contribution in [0.4, 0.5) is 0 Å². The van der Waals surface area contributed by atoms with Crippen LogP contribution in [0.2, 0.25) is 0 Å². The van der Waals surface area contributed by atoms with E-state index >= 15 is 0 Å². The SMILES string of the molecule is CCOC(=O)CCC[C@@H]1C(=O)OC(=O)[C@@H]1CCCC(=O)OCC. The second-order valence-electron chi connectivity index (χ2n) is 5.35. The predicted octanol–water partition coefficient (Wildman–Crippen LogP) is 1.77. The molecule has 1 fully saturated rings. The summed E-state index contributed by atoms with van der Waals surface area (Å²) in [5.74, 6) is -2.80. The zero-order valence-corrected chi connectivity index (χ0v) is 13.7. The van der Waals surface area contributed by atoms with Crippen LogP contribution in [0.1, 0.15) is 52.4 Å². The summed E-state index contributed by atoms with van der Waals surface area (Å²) in [4.78, 5) is 46.1. The number of carbonyl (C=O) groups is 4. The van der Waals surface area contributed by atoms with Crippen LogP contribution in [0.15, 0.2) is 0 Å². The summed E-state index contributed by atoms with van der Waals surface area (Å²) in [5.41, 5.74) is 0. The van der Waals surface area contributed by atoms with Crippen molar-refractivity contribution in [2.45, 2.75) is 52.4 Å². The van der Waals surface area contributed by atoms with Crippen LogP contribution in [-0.4, -0.2) is 37.1 Å². The molecule has 1 aliphatic heterocycles. The van der Waals surface area contributed by atoms with Crippen molar-refractivity contribution in [2.24, 2.45) is 11.8 Å². The van der Waals surface area contributed by atoms with Gasteiger partial charge in [-0.15, -0.1) is 0 Å². The molecule has 1 rings (SSSR count). The molecule has 7 heteroatoms. The van der Waals surface area contributed by atoms with E-state index in [9.17, 15) is 19.2 Å². The Bertz CT molecular complexity index is 404. The maximum atomic E-state index is 11.7. The van der Waals surface area contributed by atoms with Crippen LogP contribution in [0.3, 0.4) is 0 Å². The molecule has 0 spiro atoms. The Morgan fingerprint density at radius 3 is 1.61 bits per heavy atom. The van der Waals surface area contributed by atoms with Gasteiger partial charge in [-0.1, -0.05) is 0 Å². The van der Waals surface area contributed by atoms with Crippen LogP contribution in [0.25, 0.3) is 0 Å². The quantitative estimate of drug-likeness (QED) is 0.342. The van der Waals surface area contributed by atoms with Crippen molar-refractivity contribution in [1.29, 1.82) is 0 Å². The van der Waals surface area contributed by atoms with Crippen molar-refractivity contribution < 1.29 is 33.4 Å². The summed E-state index contributed by atoms with van der Waals surface area (Å²) >= 11 is 0. The number of ether oxygens (including phenoxy) is 3. The molecule has 1 heterocycles. The third kappa shape index (κ3) is 6.38. The molecule has 0 unspecified atom stereocenters. The molecule has 130 valence electrons. The molecule has 0 amide bonds. The van der Waals surface area contributed by atoms with Gasteiger partial charge in [-0.05, 0) is 39.5 Å². The zero-order chi connectivity index (χ0) is 17.2. The maximum Gasteiger partial charge on any atom is 0.317 e. The number of rotatable bonds is 10. The van der Waals surface area contributed by atoms with E-state index in [1.165, 1.54) is 0 Å².